The van der Waals surface area contributed by atoms with Gasteiger partial charge in [-0.1, -0.05) is 20.3 Å². The van der Waals surface area contributed by atoms with Crippen molar-refractivity contribution in [2.24, 2.45) is 17.8 Å². The summed E-state index contributed by atoms with van der Waals surface area (Å²) in [6.07, 6.45) is 3.20. The predicted octanol–water partition coefficient (Wildman–Crippen LogP) is 2.49. The van der Waals surface area contributed by atoms with Crippen molar-refractivity contribution < 1.29 is 24.2 Å². The average Bonchev–Trinajstić information content (AvgIpc) is 2.78. The van der Waals surface area contributed by atoms with Crippen LogP contribution in [0, 0.1) is 17.8 Å². The van der Waals surface area contributed by atoms with Gasteiger partial charge in [0.1, 0.15) is 5.60 Å². The third-order valence-electron chi connectivity index (χ3n) is 5.78. The summed E-state index contributed by atoms with van der Waals surface area (Å²) in [6, 6.07) is 0. The fraction of sp³-hybridized carbons (Fsp3) is 0.889. The highest BCUT2D eigenvalue weighted by atomic mass is 16.6. The zero-order valence-corrected chi connectivity index (χ0v) is 14.8. The monoisotopic (exact) mass is 326 g/mol. The maximum Gasteiger partial charge on any atom is 0.311 e. The van der Waals surface area contributed by atoms with E-state index >= 15 is 0 Å². The number of carbonyl (C=O) groups is 2. The van der Waals surface area contributed by atoms with Crippen LogP contribution < -0.4 is 0 Å². The number of Topliss-reactive ketones (excluding diaryl/α,β-unsaturated/α-hetero) is 1. The number of rotatable bonds is 7. The third-order valence-corrected chi connectivity index (χ3v) is 5.78. The maximum absolute atomic E-state index is 12.8. The molecule has 0 aliphatic carbocycles. The van der Waals surface area contributed by atoms with Crippen LogP contribution in [0.1, 0.15) is 59.8 Å². The number of fused-ring (bicyclic) bond motifs is 2. The molecule has 0 amide bonds. The van der Waals surface area contributed by atoms with Crippen LogP contribution >= 0.6 is 0 Å². The van der Waals surface area contributed by atoms with Gasteiger partial charge >= 0.3 is 5.97 Å². The summed E-state index contributed by atoms with van der Waals surface area (Å²) in [6.45, 7) is 8.22. The molecule has 132 valence electrons. The Labute approximate surface area is 138 Å². The Bertz CT molecular complexity index is 460. The second kappa shape index (κ2) is 6.89. The summed E-state index contributed by atoms with van der Waals surface area (Å²) in [7, 11) is 0. The van der Waals surface area contributed by atoms with Gasteiger partial charge < -0.3 is 14.6 Å². The van der Waals surface area contributed by atoms with E-state index in [1.54, 1.807) is 6.92 Å². The van der Waals surface area contributed by atoms with Crippen LogP contribution in [-0.2, 0) is 19.1 Å². The molecule has 5 heteroatoms. The highest BCUT2D eigenvalue weighted by Gasteiger charge is 2.66. The summed E-state index contributed by atoms with van der Waals surface area (Å²) in [5.41, 5.74) is -1.50. The minimum absolute atomic E-state index is 0.00494. The first kappa shape index (κ1) is 18.4. The van der Waals surface area contributed by atoms with Crippen LogP contribution in [0.2, 0.25) is 0 Å². The maximum atomic E-state index is 12.8. The van der Waals surface area contributed by atoms with Crippen LogP contribution in [-0.4, -0.2) is 41.3 Å². The zero-order chi connectivity index (χ0) is 17.3. The van der Waals surface area contributed by atoms with Crippen molar-refractivity contribution in [2.75, 3.05) is 13.2 Å². The number of hydrogen-bond acceptors (Lipinski definition) is 5. The lowest BCUT2D eigenvalue weighted by atomic mass is 9.75. The molecule has 2 heterocycles. The van der Waals surface area contributed by atoms with Crippen molar-refractivity contribution in [3.8, 4) is 0 Å². The lowest BCUT2D eigenvalue weighted by Gasteiger charge is -2.45. The molecule has 2 aliphatic rings. The number of unbranched alkanes of at least 4 members (excludes halogenated alkanes) is 1. The molecule has 2 aliphatic heterocycles. The Balaban J connectivity index is 2.30. The standard InChI is InChI=1S/C18H30O5/c1-5-22-16(21)14-11-18(12(2)3)15(20)10-13(8-6-7-9-19)17(14,4)23-18/h12-14,19H,5-11H2,1-4H3/t13-,14+,17+,18-/m1/s1. The Morgan fingerprint density at radius 3 is 2.70 bits per heavy atom. The first-order chi connectivity index (χ1) is 10.8. The van der Waals surface area contributed by atoms with Gasteiger partial charge in [0.25, 0.3) is 0 Å². The third kappa shape index (κ3) is 3.05. The minimum Gasteiger partial charge on any atom is -0.466 e. The van der Waals surface area contributed by atoms with Crippen molar-refractivity contribution in [1.29, 1.82) is 0 Å². The van der Waals surface area contributed by atoms with Gasteiger partial charge in [0.2, 0.25) is 0 Å². The van der Waals surface area contributed by atoms with E-state index in [2.05, 4.69) is 0 Å². The number of ketones is 1. The second-order valence-electron chi connectivity index (χ2n) is 7.38. The Morgan fingerprint density at radius 1 is 1.43 bits per heavy atom. The van der Waals surface area contributed by atoms with E-state index in [9.17, 15) is 9.59 Å². The molecule has 0 aromatic rings. The Kier molecular flexibility index (Phi) is 5.52. The van der Waals surface area contributed by atoms with Crippen molar-refractivity contribution in [1.82, 2.24) is 0 Å². The van der Waals surface area contributed by atoms with Gasteiger partial charge in [0.05, 0.1) is 18.1 Å². The summed E-state index contributed by atoms with van der Waals surface area (Å²) < 4.78 is 11.6. The molecular formula is C18H30O5. The van der Waals surface area contributed by atoms with E-state index in [0.29, 0.717) is 25.9 Å². The number of carbonyl (C=O) groups excluding carboxylic acids is 2. The molecule has 0 unspecified atom stereocenters. The molecule has 4 atom stereocenters. The van der Waals surface area contributed by atoms with Crippen LogP contribution in [0.25, 0.3) is 0 Å². The highest BCUT2D eigenvalue weighted by molar-refractivity contribution is 5.91. The number of hydrogen-bond donors (Lipinski definition) is 1. The van der Waals surface area contributed by atoms with Crippen LogP contribution in [0.5, 0.6) is 0 Å². The molecule has 5 nitrogen and oxygen atoms in total. The van der Waals surface area contributed by atoms with Gasteiger partial charge in [0, 0.05) is 13.0 Å². The molecule has 0 saturated carbocycles. The molecule has 2 saturated heterocycles. The smallest absolute Gasteiger partial charge is 0.311 e. The largest absolute Gasteiger partial charge is 0.466 e. The number of esters is 1. The number of ether oxygens (including phenoxy) is 2. The van der Waals surface area contributed by atoms with Crippen molar-refractivity contribution in [3.05, 3.63) is 0 Å². The lowest BCUT2D eigenvalue weighted by molar-refractivity contribution is -0.196. The van der Waals surface area contributed by atoms with Crippen LogP contribution in [0.4, 0.5) is 0 Å². The highest BCUT2D eigenvalue weighted by Crippen LogP contribution is 2.56. The summed E-state index contributed by atoms with van der Waals surface area (Å²) in [5.74, 6) is -0.488. The molecule has 2 rings (SSSR count). The molecular weight excluding hydrogens is 296 g/mol. The first-order valence-electron chi connectivity index (χ1n) is 8.82. The molecule has 0 radical (unpaired) electrons. The minimum atomic E-state index is -0.848. The van der Waals surface area contributed by atoms with Gasteiger partial charge in [-0.05, 0) is 44.9 Å². The van der Waals surface area contributed by atoms with E-state index < -0.39 is 17.1 Å². The van der Waals surface area contributed by atoms with E-state index in [0.717, 1.165) is 12.8 Å². The predicted molar refractivity (Wildman–Crippen MR) is 85.8 cm³/mol. The normalized spacial score (nSPS) is 36.5. The molecule has 0 aromatic carbocycles. The van der Waals surface area contributed by atoms with E-state index in [1.807, 2.05) is 20.8 Å². The van der Waals surface area contributed by atoms with Gasteiger partial charge in [-0.15, -0.1) is 0 Å². The molecule has 1 N–H and O–H groups in total. The number of aliphatic hydroxyl groups excluding tert-OH is 1. The van der Waals surface area contributed by atoms with Crippen LogP contribution in [0.15, 0.2) is 0 Å². The fourth-order valence-corrected chi connectivity index (χ4v) is 4.28. The Hall–Kier alpha value is -0.940. The van der Waals surface area contributed by atoms with E-state index in [1.165, 1.54) is 0 Å². The quantitative estimate of drug-likeness (QED) is 0.575. The molecule has 0 spiro atoms. The topological polar surface area (TPSA) is 72.8 Å². The van der Waals surface area contributed by atoms with E-state index in [-0.39, 0.29) is 30.2 Å². The zero-order valence-electron chi connectivity index (χ0n) is 14.8. The molecule has 2 bridgehead atoms. The summed E-state index contributed by atoms with van der Waals surface area (Å²) in [4.78, 5) is 25.3. The van der Waals surface area contributed by atoms with Gasteiger partial charge in [-0.25, -0.2) is 0 Å². The lowest BCUT2D eigenvalue weighted by Crippen LogP contribution is -2.54. The Morgan fingerprint density at radius 2 is 2.13 bits per heavy atom. The summed E-state index contributed by atoms with van der Waals surface area (Å²) in [5, 5.41) is 8.99. The van der Waals surface area contributed by atoms with Gasteiger partial charge in [0.15, 0.2) is 5.78 Å². The van der Waals surface area contributed by atoms with Crippen molar-refractivity contribution in [2.45, 2.75) is 71.0 Å². The van der Waals surface area contributed by atoms with Gasteiger partial charge in [-0.2, -0.15) is 0 Å². The fourth-order valence-electron chi connectivity index (χ4n) is 4.28. The van der Waals surface area contributed by atoms with Gasteiger partial charge in [-0.3, -0.25) is 9.59 Å². The average molecular weight is 326 g/mol. The van der Waals surface area contributed by atoms with Crippen LogP contribution in [0.3, 0.4) is 0 Å². The molecule has 2 fully saturated rings. The number of aliphatic hydroxyl groups is 1. The van der Waals surface area contributed by atoms with Crippen molar-refractivity contribution >= 4 is 11.8 Å². The van der Waals surface area contributed by atoms with Crippen molar-refractivity contribution in [3.63, 3.8) is 0 Å². The summed E-state index contributed by atoms with van der Waals surface area (Å²) >= 11 is 0. The first-order valence-corrected chi connectivity index (χ1v) is 8.82. The second-order valence-corrected chi connectivity index (χ2v) is 7.38. The SMILES string of the molecule is CCOC(=O)[C@@H]1C[C@]2(C(C)C)O[C@@]1(C)[C@H](CCCCO)CC2=O. The molecule has 23 heavy (non-hydrogen) atoms. The van der Waals surface area contributed by atoms with E-state index in [4.69, 9.17) is 14.6 Å². The molecule has 0 aromatic heterocycles.